The van der Waals surface area contributed by atoms with E-state index in [1.54, 1.807) is 18.2 Å². The predicted octanol–water partition coefficient (Wildman–Crippen LogP) is 4.40. The van der Waals surface area contributed by atoms with Crippen LogP contribution in [-0.4, -0.2) is 41.4 Å². The minimum absolute atomic E-state index is 0.0521. The summed E-state index contributed by atoms with van der Waals surface area (Å²) in [5.74, 6) is 0.488. The van der Waals surface area contributed by atoms with Crippen LogP contribution in [0.3, 0.4) is 0 Å². The van der Waals surface area contributed by atoms with Gasteiger partial charge in [-0.25, -0.2) is 0 Å². The first-order valence-electron chi connectivity index (χ1n) is 10.7. The van der Waals surface area contributed by atoms with Crippen molar-refractivity contribution in [3.63, 3.8) is 0 Å². The van der Waals surface area contributed by atoms with Crippen LogP contribution in [0.4, 0.5) is 0 Å². The molecule has 1 aromatic carbocycles. The number of carbonyl (C=O) groups excluding carboxylic acids is 3. The highest BCUT2D eigenvalue weighted by Gasteiger charge is 2.24. The number of fused-ring (bicyclic) bond motifs is 1. The second-order valence-corrected chi connectivity index (χ2v) is 8.83. The summed E-state index contributed by atoms with van der Waals surface area (Å²) in [6.07, 6.45) is -0.176. The SMILES string of the molecule is Cc1cc(C(=O)COC(=O)CCC(=O)c2cccs2)c(C)n1C[C@@H]1COc2ccccc2O1. The lowest BCUT2D eigenvalue weighted by Gasteiger charge is -2.27. The Morgan fingerprint density at radius 3 is 2.61 bits per heavy atom. The minimum atomic E-state index is -0.562. The van der Waals surface area contributed by atoms with Crippen molar-refractivity contribution in [2.75, 3.05) is 13.2 Å². The summed E-state index contributed by atoms with van der Waals surface area (Å²) >= 11 is 1.34. The van der Waals surface area contributed by atoms with E-state index in [4.69, 9.17) is 14.2 Å². The zero-order valence-corrected chi connectivity index (χ0v) is 19.4. The van der Waals surface area contributed by atoms with E-state index in [0.29, 0.717) is 29.3 Å². The van der Waals surface area contributed by atoms with Crippen LogP contribution in [-0.2, 0) is 16.1 Å². The normalized spacial score (nSPS) is 14.7. The Kier molecular flexibility index (Phi) is 6.93. The number of nitrogens with zero attached hydrogens (tertiary/aromatic N) is 1. The third-order valence-electron chi connectivity index (χ3n) is 5.54. The van der Waals surface area contributed by atoms with Crippen LogP contribution >= 0.6 is 11.3 Å². The van der Waals surface area contributed by atoms with Gasteiger partial charge >= 0.3 is 5.97 Å². The standard InChI is InChI=1S/C25H25NO6S/c1-16-12-19(21(28)15-31-25(29)10-9-20(27)24-8-5-11-33-24)17(2)26(16)13-18-14-30-22-6-3-4-7-23(22)32-18/h3-8,11-12,18H,9-10,13-15H2,1-2H3/t18-/m1/s1. The zero-order chi connectivity index (χ0) is 23.4. The van der Waals surface area contributed by atoms with Crippen molar-refractivity contribution in [3.8, 4) is 11.5 Å². The Morgan fingerprint density at radius 2 is 1.85 bits per heavy atom. The van der Waals surface area contributed by atoms with Gasteiger partial charge in [0, 0.05) is 23.4 Å². The molecule has 0 saturated carbocycles. The molecule has 7 nitrogen and oxygen atoms in total. The summed E-state index contributed by atoms with van der Waals surface area (Å²) in [6, 6.07) is 12.8. The quantitative estimate of drug-likeness (QED) is 0.343. The highest BCUT2D eigenvalue weighted by molar-refractivity contribution is 7.12. The van der Waals surface area contributed by atoms with Gasteiger partial charge in [0.15, 0.2) is 30.0 Å². The molecule has 0 aliphatic carbocycles. The third kappa shape index (κ3) is 5.34. The molecule has 1 atom stereocenters. The number of aromatic nitrogens is 1. The molecule has 172 valence electrons. The van der Waals surface area contributed by atoms with Crippen molar-refractivity contribution >= 4 is 28.9 Å². The fourth-order valence-corrected chi connectivity index (χ4v) is 4.49. The number of ether oxygens (including phenoxy) is 3. The summed E-state index contributed by atoms with van der Waals surface area (Å²) in [6.45, 7) is 4.37. The summed E-state index contributed by atoms with van der Waals surface area (Å²) in [7, 11) is 0. The Labute approximate surface area is 195 Å². The van der Waals surface area contributed by atoms with Crippen molar-refractivity contribution in [3.05, 3.63) is 69.7 Å². The second kappa shape index (κ2) is 10.0. The lowest BCUT2D eigenvalue weighted by molar-refractivity contribution is -0.142. The van der Waals surface area contributed by atoms with Gasteiger partial charge in [0.1, 0.15) is 6.61 Å². The van der Waals surface area contributed by atoms with Gasteiger partial charge in [0.05, 0.1) is 17.8 Å². The number of thiophene rings is 1. The molecular formula is C25H25NO6S. The number of hydrogen-bond acceptors (Lipinski definition) is 7. The molecule has 0 bridgehead atoms. The molecule has 0 N–H and O–H groups in total. The molecule has 0 radical (unpaired) electrons. The van der Waals surface area contributed by atoms with E-state index < -0.39 is 5.97 Å². The van der Waals surface area contributed by atoms with E-state index in [0.717, 1.165) is 17.1 Å². The van der Waals surface area contributed by atoms with Gasteiger partial charge in [0.2, 0.25) is 5.78 Å². The minimum Gasteiger partial charge on any atom is -0.486 e. The van der Waals surface area contributed by atoms with Crippen LogP contribution < -0.4 is 9.47 Å². The van der Waals surface area contributed by atoms with Crippen LogP contribution in [0.2, 0.25) is 0 Å². The van der Waals surface area contributed by atoms with Crippen LogP contribution in [0.25, 0.3) is 0 Å². The molecule has 0 spiro atoms. The number of para-hydroxylation sites is 2. The molecule has 33 heavy (non-hydrogen) atoms. The van der Waals surface area contributed by atoms with Crippen molar-refractivity contribution in [1.29, 1.82) is 0 Å². The monoisotopic (exact) mass is 467 g/mol. The number of carbonyl (C=O) groups is 3. The maximum atomic E-state index is 12.7. The van der Waals surface area contributed by atoms with Gasteiger partial charge in [-0.05, 0) is 43.5 Å². The summed E-state index contributed by atoms with van der Waals surface area (Å²) in [5, 5.41) is 1.81. The largest absolute Gasteiger partial charge is 0.486 e. The maximum Gasteiger partial charge on any atom is 0.306 e. The van der Waals surface area contributed by atoms with Crippen LogP contribution in [0, 0.1) is 13.8 Å². The Balaban J connectivity index is 1.31. The molecule has 0 fully saturated rings. The van der Waals surface area contributed by atoms with Gasteiger partial charge in [-0.2, -0.15) is 0 Å². The Hall–Kier alpha value is -3.39. The maximum absolute atomic E-state index is 12.7. The summed E-state index contributed by atoms with van der Waals surface area (Å²) < 4.78 is 19.0. The summed E-state index contributed by atoms with van der Waals surface area (Å²) in [5.41, 5.74) is 2.20. The smallest absolute Gasteiger partial charge is 0.306 e. The van der Waals surface area contributed by atoms with E-state index in [1.165, 1.54) is 11.3 Å². The van der Waals surface area contributed by atoms with Gasteiger partial charge in [0.25, 0.3) is 0 Å². The average molecular weight is 468 g/mol. The average Bonchev–Trinajstić information content (AvgIpc) is 3.45. The third-order valence-corrected chi connectivity index (χ3v) is 6.46. The van der Waals surface area contributed by atoms with Gasteiger partial charge in [-0.15, -0.1) is 11.3 Å². The molecule has 1 aliphatic heterocycles. The van der Waals surface area contributed by atoms with Gasteiger partial charge < -0.3 is 18.8 Å². The zero-order valence-electron chi connectivity index (χ0n) is 18.5. The Morgan fingerprint density at radius 1 is 1.06 bits per heavy atom. The Bertz CT molecular complexity index is 1160. The first-order chi connectivity index (χ1) is 15.9. The number of esters is 1. The highest BCUT2D eigenvalue weighted by atomic mass is 32.1. The predicted molar refractivity (Wildman–Crippen MR) is 123 cm³/mol. The van der Waals surface area contributed by atoms with E-state index in [2.05, 4.69) is 0 Å². The lowest BCUT2D eigenvalue weighted by atomic mass is 10.1. The molecular weight excluding hydrogens is 442 g/mol. The molecule has 0 amide bonds. The van der Waals surface area contributed by atoms with E-state index >= 15 is 0 Å². The van der Waals surface area contributed by atoms with Crippen molar-refractivity contribution in [2.45, 2.75) is 39.3 Å². The lowest BCUT2D eigenvalue weighted by Crippen LogP contribution is -2.33. The first kappa shape index (κ1) is 22.8. The molecule has 1 aliphatic rings. The van der Waals surface area contributed by atoms with Crippen LogP contribution in [0.15, 0.2) is 47.8 Å². The molecule has 4 rings (SSSR count). The molecule has 0 unspecified atom stereocenters. The fraction of sp³-hybridized carbons (Fsp3) is 0.320. The van der Waals surface area contributed by atoms with Crippen molar-refractivity contribution < 1.29 is 28.6 Å². The first-order valence-corrected chi connectivity index (χ1v) is 11.6. The number of aryl methyl sites for hydroxylation is 1. The number of hydrogen-bond donors (Lipinski definition) is 0. The van der Waals surface area contributed by atoms with E-state index in [9.17, 15) is 14.4 Å². The topological polar surface area (TPSA) is 83.8 Å². The molecule has 0 saturated heterocycles. The fourth-order valence-electron chi connectivity index (χ4n) is 3.79. The number of rotatable bonds is 9. The van der Waals surface area contributed by atoms with Gasteiger partial charge in [-0.3, -0.25) is 14.4 Å². The second-order valence-electron chi connectivity index (χ2n) is 7.88. The summed E-state index contributed by atoms with van der Waals surface area (Å²) in [4.78, 5) is 37.3. The van der Waals surface area contributed by atoms with Crippen molar-refractivity contribution in [1.82, 2.24) is 4.57 Å². The molecule has 2 aromatic heterocycles. The molecule has 3 aromatic rings. The molecule has 3 heterocycles. The highest BCUT2D eigenvalue weighted by Crippen LogP contribution is 2.31. The van der Waals surface area contributed by atoms with Crippen LogP contribution in [0.5, 0.6) is 11.5 Å². The van der Waals surface area contributed by atoms with Gasteiger partial charge in [-0.1, -0.05) is 18.2 Å². The number of benzene rings is 1. The van der Waals surface area contributed by atoms with E-state index in [1.807, 2.05) is 48.1 Å². The van der Waals surface area contributed by atoms with E-state index in [-0.39, 0.29) is 37.1 Å². The van der Waals surface area contributed by atoms with Crippen molar-refractivity contribution in [2.24, 2.45) is 0 Å². The number of ketones is 2. The van der Waals surface area contributed by atoms with Crippen LogP contribution in [0.1, 0.15) is 44.3 Å². The number of Topliss-reactive ketones (excluding diaryl/α,β-unsaturated/α-hetero) is 2. The molecule has 8 heteroatoms.